The van der Waals surface area contributed by atoms with E-state index in [0.717, 1.165) is 0 Å². The third-order valence-electron chi connectivity index (χ3n) is 3.57. The minimum atomic E-state index is -0.594. The normalized spacial score (nSPS) is 22.9. The minimum absolute atomic E-state index is 0.0336. The van der Waals surface area contributed by atoms with E-state index < -0.39 is 12.0 Å². The average Bonchev–Trinajstić information content (AvgIpc) is 2.40. The third kappa shape index (κ3) is 2.84. The van der Waals surface area contributed by atoms with Gasteiger partial charge in [0, 0.05) is 13.1 Å². The summed E-state index contributed by atoms with van der Waals surface area (Å²) in [6.45, 7) is 2.60. The number of phenolic OH excluding ortho intramolecular Hbond substituents is 1. The Morgan fingerprint density at radius 1 is 1.35 bits per heavy atom. The number of aliphatic hydroxyl groups excluding tert-OH is 1. The van der Waals surface area contributed by atoms with Crippen LogP contribution in [-0.2, 0) is 0 Å². The fourth-order valence-corrected chi connectivity index (χ4v) is 2.86. The predicted octanol–water partition coefficient (Wildman–Crippen LogP) is 3.20. The van der Waals surface area contributed by atoms with Gasteiger partial charge in [-0.15, -0.1) is 0 Å². The minimum Gasteiger partial charge on any atom is -0.505 e. The molecule has 0 aliphatic carbocycles. The summed E-state index contributed by atoms with van der Waals surface area (Å²) in [6.07, 6.45) is 0.0860. The number of carbonyl (C=O) groups is 1. The van der Waals surface area contributed by atoms with Crippen molar-refractivity contribution in [3.05, 3.63) is 26.7 Å². The quantitative estimate of drug-likeness (QED) is 0.773. The highest BCUT2D eigenvalue weighted by Gasteiger charge is 2.31. The van der Waals surface area contributed by atoms with Gasteiger partial charge in [-0.3, -0.25) is 4.79 Å². The monoisotopic (exact) mass is 337 g/mol. The Kier molecular flexibility index (Phi) is 4.69. The molecule has 1 heterocycles. The summed E-state index contributed by atoms with van der Waals surface area (Å²) in [4.78, 5) is 13.9. The highest BCUT2D eigenvalue weighted by Crippen LogP contribution is 2.39. The molecule has 1 fully saturated rings. The third-order valence-corrected chi connectivity index (χ3v) is 4.64. The number of amides is 1. The summed E-state index contributed by atoms with van der Waals surface area (Å²) in [5, 5.41) is 19.8. The molecule has 20 heavy (non-hydrogen) atoms. The molecule has 1 aromatic carbocycles. The molecule has 2 rings (SSSR count). The lowest BCUT2D eigenvalue weighted by molar-refractivity contribution is 0.0247. The van der Waals surface area contributed by atoms with Gasteiger partial charge < -0.3 is 15.1 Å². The zero-order valence-electron chi connectivity index (χ0n) is 10.7. The molecule has 2 atom stereocenters. The summed E-state index contributed by atoms with van der Waals surface area (Å²) in [5.74, 6) is -0.743. The van der Waals surface area contributed by atoms with E-state index in [-0.39, 0.29) is 38.8 Å². The second kappa shape index (κ2) is 5.98. The molecule has 0 radical (unpaired) electrons. The van der Waals surface area contributed by atoms with E-state index in [4.69, 9.17) is 34.8 Å². The van der Waals surface area contributed by atoms with Crippen LogP contribution in [0.25, 0.3) is 0 Å². The zero-order chi connectivity index (χ0) is 15.0. The van der Waals surface area contributed by atoms with E-state index in [0.29, 0.717) is 13.0 Å². The van der Waals surface area contributed by atoms with Gasteiger partial charge in [-0.2, -0.15) is 0 Å². The number of β-amino-alcohol motifs (C(OH)–C–C–N with tert-alkyl or cyclic N) is 1. The van der Waals surface area contributed by atoms with Crippen molar-refractivity contribution in [3.8, 4) is 5.75 Å². The SMILES string of the molecule is CC1CCN(C(=O)c2c(O)c(Cl)cc(Cl)c2Cl)CC1O. The number of aromatic hydroxyl groups is 1. The molecule has 1 aliphatic heterocycles. The van der Waals surface area contributed by atoms with Crippen LogP contribution in [0.1, 0.15) is 23.7 Å². The van der Waals surface area contributed by atoms with Crippen LogP contribution >= 0.6 is 34.8 Å². The molecule has 2 N–H and O–H groups in total. The Balaban J connectivity index is 2.35. The van der Waals surface area contributed by atoms with Crippen molar-refractivity contribution in [1.29, 1.82) is 0 Å². The lowest BCUT2D eigenvalue weighted by Gasteiger charge is -2.34. The van der Waals surface area contributed by atoms with E-state index in [2.05, 4.69) is 0 Å². The molecule has 1 saturated heterocycles. The number of aliphatic hydroxyl groups is 1. The summed E-state index contributed by atoms with van der Waals surface area (Å²) < 4.78 is 0. The van der Waals surface area contributed by atoms with Crippen molar-refractivity contribution < 1.29 is 15.0 Å². The van der Waals surface area contributed by atoms with Gasteiger partial charge >= 0.3 is 0 Å². The number of likely N-dealkylation sites (tertiary alicyclic amines) is 1. The maximum Gasteiger partial charge on any atom is 0.259 e. The molecule has 110 valence electrons. The molecule has 0 saturated carbocycles. The number of nitrogens with zero attached hydrogens (tertiary/aromatic N) is 1. The van der Waals surface area contributed by atoms with E-state index in [1.165, 1.54) is 11.0 Å². The molecule has 0 aromatic heterocycles. The van der Waals surface area contributed by atoms with Crippen LogP contribution in [0.2, 0.25) is 15.1 Å². The van der Waals surface area contributed by atoms with Crippen LogP contribution in [0, 0.1) is 5.92 Å². The standard InChI is InChI=1S/C13H14Cl3NO3/c1-6-2-3-17(5-9(6)18)13(20)10-11(16)7(14)4-8(15)12(10)19/h4,6,9,18-19H,2-3,5H2,1H3. The first-order valence-corrected chi connectivity index (χ1v) is 7.30. The van der Waals surface area contributed by atoms with Crippen molar-refractivity contribution in [2.75, 3.05) is 13.1 Å². The van der Waals surface area contributed by atoms with Crippen molar-refractivity contribution >= 4 is 40.7 Å². The van der Waals surface area contributed by atoms with Gasteiger partial charge in [-0.05, 0) is 18.4 Å². The number of halogens is 3. The number of hydrogen-bond acceptors (Lipinski definition) is 3. The number of rotatable bonds is 1. The van der Waals surface area contributed by atoms with E-state index in [9.17, 15) is 15.0 Å². The number of benzene rings is 1. The summed E-state index contributed by atoms with van der Waals surface area (Å²) in [7, 11) is 0. The number of phenols is 1. The molecule has 1 amide bonds. The average molecular weight is 339 g/mol. The molecule has 0 bridgehead atoms. The van der Waals surface area contributed by atoms with Gasteiger partial charge in [-0.1, -0.05) is 41.7 Å². The van der Waals surface area contributed by atoms with Gasteiger partial charge in [-0.25, -0.2) is 0 Å². The van der Waals surface area contributed by atoms with Crippen molar-refractivity contribution in [2.24, 2.45) is 5.92 Å². The van der Waals surface area contributed by atoms with Gasteiger partial charge in [0.1, 0.15) is 11.3 Å². The smallest absolute Gasteiger partial charge is 0.259 e. The summed E-state index contributed by atoms with van der Waals surface area (Å²) in [6, 6.07) is 1.28. The van der Waals surface area contributed by atoms with Crippen LogP contribution in [0.3, 0.4) is 0 Å². The van der Waals surface area contributed by atoms with Crippen LogP contribution in [0.4, 0.5) is 0 Å². The summed E-state index contributed by atoms with van der Waals surface area (Å²) in [5.41, 5.74) is -0.120. The number of carbonyl (C=O) groups excluding carboxylic acids is 1. The fraction of sp³-hybridized carbons (Fsp3) is 0.462. The van der Waals surface area contributed by atoms with Crippen LogP contribution in [0.15, 0.2) is 6.07 Å². The number of hydrogen-bond donors (Lipinski definition) is 2. The molecule has 2 unspecified atom stereocenters. The van der Waals surface area contributed by atoms with E-state index in [1.807, 2.05) is 6.92 Å². The van der Waals surface area contributed by atoms with Gasteiger partial charge in [0.05, 0.1) is 21.2 Å². The lowest BCUT2D eigenvalue weighted by Crippen LogP contribution is -2.45. The van der Waals surface area contributed by atoms with Crippen molar-refractivity contribution in [3.63, 3.8) is 0 Å². The van der Waals surface area contributed by atoms with Gasteiger partial charge in [0.25, 0.3) is 5.91 Å². The summed E-state index contributed by atoms with van der Waals surface area (Å²) >= 11 is 17.7. The maximum atomic E-state index is 12.5. The lowest BCUT2D eigenvalue weighted by atomic mass is 9.95. The molecule has 1 aliphatic rings. The van der Waals surface area contributed by atoms with Crippen LogP contribution in [0.5, 0.6) is 5.75 Å². The second-order valence-electron chi connectivity index (χ2n) is 4.96. The molecule has 1 aromatic rings. The molecular formula is C13H14Cl3NO3. The Labute approximate surface area is 131 Å². The number of piperidine rings is 1. The van der Waals surface area contributed by atoms with Gasteiger partial charge in [0.2, 0.25) is 0 Å². The maximum absolute atomic E-state index is 12.5. The largest absolute Gasteiger partial charge is 0.505 e. The Bertz CT molecular complexity index is 524. The van der Waals surface area contributed by atoms with Crippen molar-refractivity contribution in [2.45, 2.75) is 19.4 Å². The van der Waals surface area contributed by atoms with E-state index in [1.54, 1.807) is 0 Å². The highest BCUT2D eigenvalue weighted by atomic mass is 35.5. The van der Waals surface area contributed by atoms with Crippen LogP contribution in [-0.4, -0.2) is 40.2 Å². The molecular weight excluding hydrogens is 325 g/mol. The fourth-order valence-electron chi connectivity index (χ4n) is 2.17. The molecule has 4 nitrogen and oxygen atoms in total. The molecule has 7 heteroatoms. The topological polar surface area (TPSA) is 60.8 Å². The first-order chi connectivity index (χ1) is 9.32. The predicted molar refractivity (Wildman–Crippen MR) is 78.8 cm³/mol. The Morgan fingerprint density at radius 2 is 2.00 bits per heavy atom. The Morgan fingerprint density at radius 3 is 2.60 bits per heavy atom. The molecule has 0 spiro atoms. The van der Waals surface area contributed by atoms with E-state index >= 15 is 0 Å². The first kappa shape index (κ1) is 15.7. The van der Waals surface area contributed by atoms with Crippen LogP contribution < -0.4 is 0 Å². The zero-order valence-corrected chi connectivity index (χ0v) is 13.0. The van der Waals surface area contributed by atoms with Gasteiger partial charge in [0.15, 0.2) is 0 Å². The highest BCUT2D eigenvalue weighted by molar-refractivity contribution is 6.45. The Hall–Kier alpha value is -0.680. The first-order valence-electron chi connectivity index (χ1n) is 6.16. The second-order valence-corrected chi connectivity index (χ2v) is 6.15. The van der Waals surface area contributed by atoms with Crippen molar-refractivity contribution in [1.82, 2.24) is 4.90 Å².